The molecule has 2 aliphatic rings. The molecule has 2 heterocycles. The monoisotopic (exact) mass is 398 g/mol. The average Bonchev–Trinajstić information content (AvgIpc) is 2.97. The number of fused-ring (bicyclic) bond motifs is 1. The van der Waals surface area contributed by atoms with E-state index in [1.807, 2.05) is 0 Å². The highest BCUT2D eigenvalue weighted by Gasteiger charge is 2.49. The van der Waals surface area contributed by atoms with Gasteiger partial charge in [0.05, 0.1) is 13.7 Å². The molecule has 2 aromatic rings. The van der Waals surface area contributed by atoms with Crippen LogP contribution >= 0.6 is 0 Å². The SMILES string of the molecule is COc1ccc(OCCN2C(=O)N[C@@](C)(c3ccc4c(c3)OCCO4)C2=O)cc1. The predicted molar refractivity (Wildman–Crippen MR) is 104 cm³/mol. The van der Waals surface area contributed by atoms with Crippen molar-refractivity contribution >= 4 is 11.9 Å². The molecule has 0 aliphatic carbocycles. The van der Waals surface area contributed by atoms with Gasteiger partial charge in [-0.2, -0.15) is 0 Å². The van der Waals surface area contributed by atoms with E-state index in [0.717, 1.165) is 5.75 Å². The summed E-state index contributed by atoms with van der Waals surface area (Å²) in [6.07, 6.45) is 0. The van der Waals surface area contributed by atoms with Crippen molar-refractivity contribution in [3.63, 3.8) is 0 Å². The van der Waals surface area contributed by atoms with Crippen molar-refractivity contribution in [2.75, 3.05) is 33.5 Å². The third-order valence-corrected chi connectivity index (χ3v) is 5.04. The van der Waals surface area contributed by atoms with Gasteiger partial charge < -0.3 is 24.3 Å². The first-order chi connectivity index (χ1) is 14.0. The first kappa shape index (κ1) is 18.9. The van der Waals surface area contributed by atoms with Crippen LogP contribution in [0.3, 0.4) is 0 Å². The standard InChI is InChI=1S/C21H22N2O6/c1-21(14-3-8-17-18(13-14)29-12-11-28-17)19(24)23(20(25)22-21)9-10-27-16-6-4-15(26-2)5-7-16/h3-8,13H,9-12H2,1-2H3,(H,22,25)/t21-/m0/s1. The summed E-state index contributed by atoms with van der Waals surface area (Å²) in [7, 11) is 1.59. The van der Waals surface area contributed by atoms with Crippen molar-refractivity contribution in [3.8, 4) is 23.0 Å². The van der Waals surface area contributed by atoms with E-state index in [1.54, 1.807) is 56.5 Å². The lowest BCUT2D eigenvalue weighted by Crippen LogP contribution is -2.41. The smallest absolute Gasteiger partial charge is 0.325 e. The van der Waals surface area contributed by atoms with Crippen molar-refractivity contribution in [1.29, 1.82) is 0 Å². The Morgan fingerprint density at radius 3 is 2.45 bits per heavy atom. The molecule has 4 rings (SSSR count). The van der Waals surface area contributed by atoms with Crippen LogP contribution in [-0.2, 0) is 10.3 Å². The molecule has 0 bridgehead atoms. The predicted octanol–water partition coefficient (Wildman–Crippen LogP) is 2.31. The van der Waals surface area contributed by atoms with Gasteiger partial charge in [0.2, 0.25) is 0 Å². The molecule has 2 aromatic carbocycles. The number of hydrogen-bond acceptors (Lipinski definition) is 6. The molecular formula is C21H22N2O6. The molecule has 29 heavy (non-hydrogen) atoms. The zero-order chi connectivity index (χ0) is 20.4. The van der Waals surface area contributed by atoms with Gasteiger partial charge in [-0.1, -0.05) is 6.07 Å². The molecule has 1 saturated heterocycles. The Balaban J connectivity index is 1.43. The molecule has 0 aromatic heterocycles. The minimum absolute atomic E-state index is 0.136. The van der Waals surface area contributed by atoms with Crippen LogP contribution in [0.1, 0.15) is 12.5 Å². The summed E-state index contributed by atoms with van der Waals surface area (Å²) < 4.78 is 21.9. The molecule has 2 aliphatic heterocycles. The van der Waals surface area contributed by atoms with Gasteiger partial charge in [0.1, 0.15) is 36.9 Å². The lowest BCUT2D eigenvalue weighted by atomic mass is 9.91. The quantitative estimate of drug-likeness (QED) is 0.752. The summed E-state index contributed by atoms with van der Waals surface area (Å²) in [4.78, 5) is 26.7. The van der Waals surface area contributed by atoms with Gasteiger partial charge in [0.15, 0.2) is 11.5 Å². The fourth-order valence-corrected chi connectivity index (χ4v) is 3.38. The summed E-state index contributed by atoms with van der Waals surface area (Å²) in [6, 6.07) is 11.9. The van der Waals surface area contributed by atoms with E-state index in [9.17, 15) is 9.59 Å². The van der Waals surface area contributed by atoms with Crippen molar-refractivity contribution in [2.24, 2.45) is 0 Å². The Morgan fingerprint density at radius 1 is 1.03 bits per heavy atom. The highest BCUT2D eigenvalue weighted by atomic mass is 16.6. The highest BCUT2D eigenvalue weighted by Crippen LogP contribution is 2.36. The lowest BCUT2D eigenvalue weighted by molar-refractivity contribution is -0.131. The molecular weight excluding hydrogens is 376 g/mol. The molecule has 1 fully saturated rings. The van der Waals surface area contributed by atoms with E-state index in [2.05, 4.69) is 5.32 Å². The number of carbonyl (C=O) groups is 2. The molecule has 0 spiro atoms. The van der Waals surface area contributed by atoms with E-state index in [4.69, 9.17) is 18.9 Å². The highest BCUT2D eigenvalue weighted by molar-refractivity contribution is 6.07. The number of hydrogen-bond donors (Lipinski definition) is 1. The molecule has 3 amide bonds. The van der Waals surface area contributed by atoms with E-state index in [0.29, 0.717) is 36.0 Å². The zero-order valence-corrected chi connectivity index (χ0v) is 16.3. The number of nitrogens with one attached hydrogen (secondary N) is 1. The number of nitrogens with zero attached hydrogens (tertiary/aromatic N) is 1. The van der Waals surface area contributed by atoms with Crippen molar-refractivity contribution in [3.05, 3.63) is 48.0 Å². The fourth-order valence-electron chi connectivity index (χ4n) is 3.38. The minimum Gasteiger partial charge on any atom is -0.497 e. The molecule has 0 saturated carbocycles. The largest absolute Gasteiger partial charge is 0.497 e. The van der Waals surface area contributed by atoms with Gasteiger partial charge in [-0.05, 0) is 48.9 Å². The fraction of sp³-hybridized carbons (Fsp3) is 0.333. The maximum absolute atomic E-state index is 13.0. The third kappa shape index (κ3) is 3.53. The van der Waals surface area contributed by atoms with Gasteiger partial charge in [-0.15, -0.1) is 0 Å². The molecule has 1 atom stereocenters. The number of ether oxygens (including phenoxy) is 4. The van der Waals surface area contributed by atoms with Crippen LogP contribution in [0, 0.1) is 0 Å². The normalized spacial score (nSPS) is 20.4. The van der Waals surface area contributed by atoms with Gasteiger partial charge in [0.25, 0.3) is 5.91 Å². The molecule has 8 heteroatoms. The van der Waals surface area contributed by atoms with E-state index >= 15 is 0 Å². The molecule has 1 N–H and O–H groups in total. The average molecular weight is 398 g/mol. The molecule has 152 valence electrons. The number of rotatable bonds is 6. The second kappa shape index (κ2) is 7.54. The second-order valence-electron chi connectivity index (χ2n) is 6.89. The Morgan fingerprint density at radius 2 is 1.72 bits per heavy atom. The van der Waals surface area contributed by atoms with Gasteiger partial charge in [-0.25, -0.2) is 4.79 Å². The van der Waals surface area contributed by atoms with Crippen molar-refractivity contribution in [2.45, 2.75) is 12.5 Å². The third-order valence-electron chi connectivity index (χ3n) is 5.04. The maximum Gasteiger partial charge on any atom is 0.325 e. The zero-order valence-electron chi connectivity index (χ0n) is 16.3. The van der Waals surface area contributed by atoms with Crippen LogP contribution in [0.15, 0.2) is 42.5 Å². The number of benzene rings is 2. The van der Waals surface area contributed by atoms with E-state index < -0.39 is 11.6 Å². The van der Waals surface area contributed by atoms with Crippen LogP contribution in [0.5, 0.6) is 23.0 Å². The first-order valence-electron chi connectivity index (χ1n) is 9.32. The van der Waals surface area contributed by atoms with Gasteiger partial charge >= 0.3 is 6.03 Å². The number of methoxy groups -OCH3 is 1. The lowest BCUT2D eigenvalue weighted by Gasteiger charge is -2.25. The second-order valence-corrected chi connectivity index (χ2v) is 6.89. The minimum atomic E-state index is -1.17. The summed E-state index contributed by atoms with van der Waals surface area (Å²) in [5, 5.41) is 2.79. The van der Waals surface area contributed by atoms with Crippen LogP contribution < -0.4 is 24.3 Å². The number of urea groups is 1. The first-order valence-corrected chi connectivity index (χ1v) is 9.32. The van der Waals surface area contributed by atoms with Crippen molar-refractivity contribution in [1.82, 2.24) is 10.2 Å². The number of imide groups is 1. The van der Waals surface area contributed by atoms with Crippen LogP contribution in [0.25, 0.3) is 0 Å². The van der Waals surface area contributed by atoms with Crippen LogP contribution in [-0.4, -0.2) is 50.3 Å². The Labute approximate surface area is 168 Å². The van der Waals surface area contributed by atoms with E-state index in [-0.39, 0.29) is 19.1 Å². The summed E-state index contributed by atoms with van der Waals surface area (Å²) in [5.41, 5.74) is -0.536. The van der Waals surface area contributed by atoms with Gasteiger partial charge in [-0.3, -0.25) is 9.69 Å². The number of carbonyl (C=O) groups excluding carboxylic acids is 2. The maximum atomic E-state index is 13.0. The molecule has 0 unspecified atom stereocenters. The summed E-state index contributed by atoms with van der Waals surface area (Å²) >= 11 is 0. The molecule has 8 nitrogen and oxygen atoms in total. The van der Waals surface area contributed by atoms with Crippen LogP contribution in [0.2, 0.25) is 0 Å². The summed E-state index contributed by atoms with van der Waals surface area (Å²) in [6.45, 7) is 2.94. The summed E-state index contributed by atoms with van der Waals surface area (Å²) in [5.74, 6) is 2.22. The van der Waals surface area contributed by atoms with E-state index in [1.165, 1.54) is 4.90 Å². The number of amides is 3. The Bertz CT molecular complexity index is 929. The van der Waals surface area contributed by atoms with Gasteiger partial charge in [0, 0.05) is 0 Å². The van der Waals surface area contributed by atoms with Crippen molar-refractivity contribution < 1.29 is 28.5 Å². The Kier molecular flexibility index (Phi) is 4.92. The Hall–Kier alpha value is -3.42. The van der Waals surface area contributed by atoms with Crippen LogP contribution in [0.4, 0.5) is 4.79 Å². The molecule has 0 radical (unpaired) electrons. The topological polar surface area (TPSA) is 86.3 Å².